The monoisotopic (exact) mass is 479 g/mol. The standard InChI is InChI=1S/C27H26FNO4S/c1-16(30)18-6-8-19(9-7-18)20-10-12-21(13-11-20)23-14-24(34-25(23)28)26(31)29-15-17-2-4-22(5-3-17)27(32)33/h6-14,17,22H,2-5,15H2,1H3,(H,29,31)(H,32,33). The third-order valence-electron chi connectivity index (χ3n) is 6.48. The Kier molecular flexibility index (Phi) is 7.22. The van der Waals surface area contributed by atoms with Crippen molar-refractivity contribution in [1.29, 1.82) is 0 Å². The molecular formula is C27H26FNO4S. The number of carboxylic acid groups (broad SMARTS) is 1. The lowest BCUT2D eigenvalue weighted by Crippen LogP contribution is -2.32. The highest BCUT2D eigenvalue weighted by molar-refractivity contribution is 7.12. The van der Waals surface area contributed by atoms with Crippen molar-refractivity contribution < 1.29 is 23.9 Å². The fourth-order valence-electron chi connectivity index (χ4n) is 4.35. The van der Waals surface area contributed by atoms with Crippen molar-refractivity contribution in [2.45, 2.75) is 32.6 Å². The van der Waals surface area contributed by atoms with Crippen LogP contribution in [-0.2, 0) is 4.79 Å². The van der Waals surface area contributed by atoms with Crippen LogP contribution in [0.2, 0.25) is 0 Å². The number of Topliss-reactive ketones (excluding diaryl/α,β-unsaturated/α-hetero) is 1. The third kappa shape index (κ3) is 5.42. The van der Waals surface area contributed by atoms with Crippen LogP contribution in [0.4, 0.5) is 4.39 Å². The number of carboxylic acids is 1. The SMILES string of the molecule is CC(=O)c1ccc(-c2ccc(-c3cc(C(=O)NCC4CCC(C(=O)O)CC4)sc3F)cc2)cc1. The number of hydrogen-bond donors (Lipinski definition) is 2. The number of rotatable bonds is 7. The second kappa shape index (κ2) is 10.3. The molecule has 0 bridgehead atoms. The first-order valence-corrected chi connectivity index (χ1v) is 12.2. The molecule has 1 aromatic heterocycles. The van der Waals surface area contributed by atoms with Crippen LogP contribution in [0.15, 0.2) is 54.6 Å². The predicted octanol–water partition coefficient (Wildman–Crippen LogP) is 6.04. The Morgan fingerprint density at radius 1 is 0.941 bits per heavy atom. The number of amides is 1. The molecule has 1 amide bonds. The van der Waals surface area contributed by atoms with Crippen LogP contribution in [0.1, 0.15) is 52.6 Å². The summed E-state index contributed by atoms with van der Waals surface area (Å²) in [7, 11) is 0. The van der Waals surface area contributed by atoms with Gasteiger partial charge in [0.2, 0.25) is 0 Å². The first-order valence-electron chi connectivity index (χ1n) is 11.3. The fraction of sp³-hybridized carbons (Fsp3) is 0.296. The first-order chi connectivity index (χ1) is 16.3. The normalized spacial score (nSPS) is 17.8. The molecule has 5 nitrogen and oxygen atoms in total. The Labute approximate surface area is 201 Å². The third-order valence-corrected chi connectivity index (χ3v) is 7.40. The van der Waals surface area contributed by atoms with Gasteiger partial charge in [-0.2, -0.15) is 4.39 Å². The highest BCUT2D eigenvalue weighted by Crippen LogP contribution is 2.32. The summed E-state index contributed by atoms with van der Waals surface area (Å²) in [4.78, 5) is 35.4. The van der Waals surface area contributed by atoms with Gasteiger partial charge in [-0.15, -0.1) is 11.3 Å². The zero-order chi connectivity index (χ0) is 24.2. The molecule has 176 valence electrons. The van der Waals surface area contributed by atoms with E-state index in [2.05, 4.69) is 5.32 Å². The molecule has 1 saturated carbocycles. The largest absolute Gasteiger partial charge is 0.481 e. The smallest absolute Gasteiger partial charge is 0.306 e. The van der Waals surface area contributed by atoms with Gasteiger partial charge in [0.25, 0.3) is 5.91 Å². The number of carbonyl (C=O) groups excluding carboxylic acids is 2. The summed E-state index contributed by atoms with van der Waals surface area (Å²) in [5.41, 5.74) is 3.63. The molecule has 1 aliphatic carbocycles. The predicted molar refractivity (Wildman–Crippen MR) is 131 cm³/mol. The van der Waals surface area contributed by atoms with Gasteiger partial charge < -0.3 is 10.4 Å². The van der Waals surface area contributed by atoms with Crippen LogP contribution in [0.3, 0.4) is 0 Å². The van der Waals surface area contributed by atoms with Gasteiger partial charge in [0.05, 0.1) is 10.8 Å². The van der Waals surface area contributed by atoms with E-state index in [-0.39, 0.29) is 23.5 Å². The number of ketones is 1. The number of nitrogens with one attached hydrogen (secondary N) is 1. The van der Waals surface area contributed by atoms with E-state index >= 15 is 0 Å². The highest BCUT2D eigenvalue weighted by atomic mass is 32.1. The molecule has 1 heterocycles. The maximum absolute atomic E-state index is 14.7. The lowest BCUT2D eigenvalue weighted by Gasteiger charge is -2.26. The molecule has 1 fully saturated rings. The van der Waals surface area contributed by atoms with Crippen LogP contribution in [0.25, 0.3) is 22.3 Å². The molecule has 1 aliphatic rings. The molecule has 0 saturated heterocycles. The quantitative estimate of drug-likeness (QED) is 0.405. The van der Waals surface area contributed by atoms with Crippen molar-refractivity contribution in [2.24, 2.45) is 11.8 Å². The average Bonchev–Trinajstić information content (AvgIpc) is 3.24. The summed E-state index contributed by atoms with van der Waals surface area (Å²) >= 11 is 0.825. The van der Waals surface area contributed by atoms with Gasteiger partial charge in [-0.1, -0.05) is 48.5 Å². The Hall–Kier alpha value is -3.32. The van der Waals surface area contributed by atoms with E-state index in [0.717, 1.165) is 35.3 Å². The van der Waals surface area contributed by atoms with Crippen molar-refractivity contribution in [3.63, 3.8) is 0 Å². The molecule has 0 atom stereocenters. The van der Waals surface area contributed by atoms with Gasteiger partial charge in [-0.3, -0.25) is 14.4 Å². The van der Waals surface area contributed by atoms with Gasteiger partial charge in [-0.05, 0) is 61.3 Å². The van der Waals surface area contributed by atoms with Crippen molar-refractivity contribution in [3.8, 4) is 22.3 Å². The zero-order valence-corrected chi connectivity index (χ0v) is 19.7. The molecule has 2 N–H and O–H groups in total. The number of carbonyl (C=O) groups is 3. The first kappa shape index (κ1) is 23.8. The Morgan fingerprint density at radius 3 is 2.06 bits per heavy atom. The molecule has 7 heteroatoms. The van der Waals surface area contributed by atoms with Crippen LogP contribution >= 0.6 is 11.3 Å². The minimum atomic E-state index is -0.747. The van der Waals surface area contributed by atoms with Crippen molar-refractivity contribution in [2.75, 3.05) is 6.54 Å². The molecule has 4 rings (SSSR count). The van der Waals surface area contributed by atoms with E-state index in [4.69, 9.17) is 5.11 Å². The number of halogens is 1. The topological polar surface area (TPSA) is 83.5 Å². The molecule has 3 aromatic rings. The van der Waals surface area contributed by atoms with E-state index in [1.165, 1.54) is 6.92 Å². The van der Waals surface area contributed by atoms with Crippen LogP contribution in [0.5, 0.6) is 0 Å². The molecule has 34 heavy (non-hydrogen) atoms. The van der Waals surface area contributed by atoms with Crippen LogP contribution in [0, 0.1) is 17.0 Å². The van der Waals surface area contributed by atoms with Crippen molar-refractivity contribution in [3.05, 3.63) is 70.2 Å². The minimum Gasteiger partial charge on any atom is -0.481 e. The summed E-state index contributed by atoms with van der Waals surface area (Å²) in [6.07, 6.45) is 2.80. The maximum atomic E-state index is 14.7. The van der Waals surface area contributed by atoms with E-state index in [0.29, 0.717) is 41.0 Å². The molecule has 0 spiro atoms. The zero-order valence-electron chi connectivity index (χ0n) is 18.8. The van der Waals surface area contributed by atoms with Crippen molar-refractivity contribution >= 4 is 29.0 Å². The van der Waals surface area contributed by atoms with Crippen molar-refractivity contribution in [1.82, 2.24) is 5.32 Å². The summed E-state index contributed by atoms with van der Waals surface area (Å²) in [5, 5.41) is 11.6. The fourth-order valence-corrected chi connectivity index (χ4v) is 5.18. The molecule has 2 aromatic carbocycles. The van der Waals surface area contributed by atoms with Gasteiger partial charge in [0, 0.05) is 17.7 Å². The van der Waals surface area contributed by atoms with Gasteiger partial charge in [0.15, 0.2) is 10.9 Å². The summed E-state index contributed by atoms with van der Waals surface area (Å²) < 4.78 is 14.7. The van der Waals surface area contributed by atoms with Gasteiger partial charge in [-0.25, -0.2) is 0 Å². The van der Waals surface area contributed by atoms with E-state index in [1.807, 2.05) is 36.4 Å². The molecule has 0 unspecified atom stereocenters. The number of hydrogen-bond acceptors (Lipinski definition) is 4. The second-order valence-corrected chi connectivity index (χ2v) is 9.78. The summed E-state index contributed by atoms with van der Waals surface area (Å²) in [6, 6.07) is 16.3. The molecule has 0 radical (unpaired) electrons. The average molecular weight is 480 g/mol. The lowest BCUT2D eigenvalue weighted by atomic mass is 9.82. The lowest BCUT2D eigenvalue weighted by molar-refractivity contribution is -0.143. The van der Waals surface area contributed by atoms with Crippen LogP contribution in [-0.4, -0.2) is 29.3 Å². The summed E-state index contributed by atoms with van der Waals surface area (Å²) in [5.74, 6) is -1.07. The Bertz CT molecular complexity index is 1190. The Balaban J connectivity index is 1.39. The number of benzene rings is 2. The maximum Gasteiger partial charge on any atom is 0.306 e. The number of thiophene rings is 1. The minimum absolute atomic E-state index is 0.0141. The summed E-state index contributed by atoms with van der Waals surface area (Å²) in [6.45, 7) is 2.00. The van der Waals surface area contributed by atoms with Gasteiger partial charge >= 0.3 is 5.97 Å². The van der Waals surface area contributed by atoms with E-state index in [1.54, 1.807) is 18.2 Å². The van der Waals surface area contributed by atoms with Gasteiger partial charge in [0.1, 0.15) is 0 Å². The molecular weight excluding hydrogens is 453 g/mol. The van der Waals surface area contributed by atoms with Crippen LogP contribution < -0.4 is 5.32 Å². The number of aliphatic carboxylic acids is 1. The van der Waals surface area contributed by atoms with E-state index < -0.39 is 11.1 Å². The highest BCUT2D eigenvalue weighted by Gasteiger charge is 2.26. The Morgan fingerprint density at radius 2 is 1.50 bits per heavy atom. The molecule has 0 aliphatic heterocycles. The second-order valence-electron chi connectivity index (χ2n) is 8.77. The van der Waals surface area contributed by atoms with E-state index in [9.17, 15) is 18.8 Å².